The molecule has 0 aromatic carbocycles. The first-order valence-electron chi connectivity index (χ1n) is 5.58. The number of hydrogen-bond donors (Lipinski definition) is 1. The monoisotopic (exact) mass is 209 g/mol. The summed E-state index contributed by atoms with van der Waals surface area (Å²) in [6, 6.07) is 2.57. The summed E-state index contributed by atoms with van der Waals surface area (Å²) >= 11 is 0. The molecule has 1 aliphatic carbocycles. The van der Waals surface area contributed by atoms with Crippen molar-refractivity contribution in [1.29, 1.82) is 0 Å². The van der Waals surface area contributed by atoms with Gasteiger partial charge in [-0.25, -0.2) is 0 Å². The van der Waals surface area contributed by atoms with Crippen molar-refractivity contribution in [2.45, 2.75) is 32.4 Å². The Bertz CT molecular complexity index is 307. The van der Waals surface area contributed by atoms with E-state index in [-0.39, 0.29) is 0 Å². The molecule has 0 saturated heterocycles. The van der Waals surface area contributed by atoms with E-state index in [2.05, 4.69) is 17.3 Å². The topological polar surface area (TPSA) is 39.1 Å². The third-order valence-corrected chi connectivity index (χ3v) is 2.87. The summed E-state index contributed by atoms with van der Waals surface area (Å²) in [5.41, 5.74) is 0. The van der Waals surface area contributed by atoms with Gasteiger partial charge in [-0.3, -0.25) is 4.68 Å². The van der Waals surface area contributed by atoms with Gasteiger partial charge in [-0.05, 0) is 25.7 Å². The van der Waals surface area contributed by atoms with Gasteiger partial charge in [0.25, 0.3) is 0 Å². The number of anilines is 1. The molecule has 84 valence electrons. The second-order valence-electron chi connectivity index (χ2n) is 4.23. The van der Waals surface area contributed by atoms with Crippen LogP contribution in [0.3, 0.4) is 0 Å². The van der Waals surface area contributed by atoms with Crippen molar-refractivity contribution in [2.24, 2.45) is 5.92 Å². The molecular weight excluding hydrogens is 190 g/mol. The second kappa shape index (κ2) is 4.66. The number of ether oxygens (including phenoxy) is 1. The van der Waals surface area contributed by atoms with E-state index in [1.54, 1.807) is 7.11 Å². The molecule has 1 N–H and O–H groups in total. The van der Waals surface area contributed by atoms with Gasteiger partial charge in [0.1, 0.15) is 5.82 Å². The summed E-state index contributed by atoms with van der Waals surface area (Å²) in [5, 5.41) is 7.85. The van der Waals surface area contributed by atoms with Gasteiger partial charge in [0.15, 0.2) is 0 Å². The minimum absolute atomic E-state index is 0.552. The summed E-state index contributed by atoms with van der Waals surface area (Å²) in [5.74, 6) is 1.83. The van der Waals surface area contributed by atoms with E-state index in [4.69, 9.17) is 4.74 Å². The summed E-state index contributed by atoms with van der Waals surface area (Å²) in [6.07, 6.45) is 4.71. The van der Waals surface area contributed by atoms with Gasteiger partial charge < -0.3 is 10.1 Å². The zero-order valence-electron chi connectivity index (χ0n) is 9.44. The van der Waals surface area contributed by atoms with Crippen molar-refractivity contribution in [3.05, 3.63) is 12.3 Å². The Kier molecular flexibility index (Phi) is 3.26. The zero-order chi connectivity index (χ0) is 10.7. The largest absolute Gasteiger partial charge is 0.383 e. The number of methoxy groups -OCH3 is 1. The van der Waals surface area contributed by atoms with Gasteiger partial charge in [0.05, 0.1) is 13.2 Å². The van der Waals surface area contributed by atoms with Crippen molar-refractivity contribution in [2.75, 3.05) is 19.0 Å². The van der Waals surface area contributed by atoms with Crippen molar-refractivity contribution in [3.63, 3.8) is 0 Å². The van der Waals surface area contributed by atoms with Gasteiger partial charge in [-0.15, -0.1) is 0 Å². The summed E-state index contributed by atoms with van der Waals surface area (Å²) < 4.78 is 6.91. The molecule has 0 amide bonds. The highest BCUT2D eigenvalue weighted by Crippen LogP contribution is 2.33. The third kappa shape index (κ3) is 2.96. The maximum absolute atomic E-state index is 5.00. The van der Waals surface area contributed by atoms with Gasteiger partial charge in [-0.1, -0.05) is 0 Å². The van der Waals surface area contributed by atoms with Crippen LogP contribution >= 0.6 is 0 Å². The van der Waals surface area contributed by atoms with Crippen LogP contribution in [-0.4, -0.2) is 29.5 Å². The summed E-state index contributed by atoms with van der Waals surface area (Å²) in [7, 11) is 1.71. The molecule has 1 fully saturated rings. The van der Waals surface area contributed by atoms with Crippen molar-refractivity contribution >= 4 is 5.82 Å². The molecule has 2 rings (SSSR count). The molecule has 4 nitrogen and oxygen atoms in total. The first-order valence-corrected chi connectivity index (χ1v) is 5.58. The van der Waals surface area contributed by atoms with Gasteiger partial charge >= 0.3 is 0 Å². The Balaban J connectivity index is 1.83. The minimum atomic E-state index is 0.552. The molecule has 0 aliphatic heterocycles. The van der Waals surface area contributed by atoms with E-state index in [1.807, 2.05) is 16.9 Å². The van der Waals surface area contributed by atoms with E-state index in [0.29, 0.717) is 12.6 Å². The van der Waals surface area contributed by atoms with Crippen LogP contribution in [-0.2, 0) is 11.3 Å². The van der Waals surface area contributed by atoms with Crippen LogP contribution in [0.15, 0.2) is 12.3 Å². The van der Waals surface area contributed by atoms with Crippen LogP contribution in [0, 0.1) is 5.92 Å². The van der Waals surface area contributed by atoms with Crippen LogP contribution in [0.5, 0.6) is 0 Å². The Labute approximate surface area is 90.6 Å². The highest BCUT2D eigenvalue weighted by atomic mass is 16.5. The smallest absolute Gasteiger partial charge is 0.148 e. The minimum Gasteiger partial charge on any atom is -0.383 e. The van der Waals surface area contributed by atoms with Crippen LogP contribution in [0.25, 0.3) is 0 Å². The molecule has 15 heavy (non-hydrogen) atoms. The number of hydrogen-bond acceptors (Lipinski definition) is 3. The first kappa shape index (κ1) is 10.5. The standard InChI is InChI=1S/C11H19N3O/c1-9(10-3-4-10)12-11-5-6-14(13-11)7-8-15-2/h5-6,9-10H,3-4,7-8H2,1-2H3,(H,12,13). The van der Waals surface area contributed by atoms with E-state index >= 15 is 0 Å². The molecule has 0 spiro atoms. The molecule has 1 heterocycles. The molecule has 1 unspecified atom stereocenters. The molecule has 0 bridgehead atoms. The third-order valence-electron chi connectivity index (χ3n) is 2.87. The second-order valence-corrected chi connectivity index (χ2v) is 4.23. The van der Waals surface area contributed by atoms with Crippen LogP contribution in [0.1, 0.15) is 19.8 Å². The average Bonchev–Trinajstić information content (AvgIpc) is 2.99. The Morgan fingerprint density at radius 2 is 2.47 bits per heavy atom. The zero-order valence-corrected chi connectivity index (χ0v) is 9.44. The van der Waals surface area contributed by atoms with Crippen molar-refractivity contribution < 1.29 is 4.74 Å². The molecule has 1 aliphatic rings. The molecule has 1 saturated carbocycles. The van der Waals surface area contributed by atoms with Gasteiger partial charge in [-0.2, -0.15) is 5.10 Å². The van der Waals surface area contributed by atoms with Crippen LogP contribution < -0.4 is 5.32 Å². The highest BCUT2D eigenvalue weighted by molar-refractivity contribution is 5.33. The summed E-state index contributed by atoms with van der Waals surface area (Å²) in [6.45, 7) is 3.75. The Morgan fingerprint density at radius 1 is 1.67 bits per heavy atom. The van der Waals surface area contributed by atoms with Gasteiger partial charge in [0, 0.05) is 25.4 Å². The number of nitrogens with one attached hydrogen (secondary N) is 1. The lowest BCUT2D eigenvalue weighted by atomic mass is 10.2. The number of nitrogens with zero attached hydrogens (tertiary/aromatic N) is 2. The number of rotatable bonds is 6. The average molecular weight is 209 g/mol. The molecule has 4 heteroatoms. The summed E-state index contributed by atoms with van der Waals surface area (Å²) in [4.78, 5) is 0. The Morgan fingerprint density at radius 3 is 3.13 bits per heavy atom. The lowest BCUT2D eigenvalue weighted by Gasteiger charge is -2.11. The van der Waals surface area contributed by atoms with E-state index in [1.165, 1.54) is 12.8 Å². The lowest BCUT2D eigenvalue weighted by Crippen LogP contribution is -2.17. The fraction of sp³-hybridized carbons (Fsp3) is 0.727. The quantitative estimate of drug-likeness (QED) is 0.775. The van der Waals surface area contributed by atoms with Crippen molar-refractivity contribution in [1.82, 2.24) is 9.78 Å². The first-order chi connectivity index (χ1) is 7.29. The fourth-order valence-corrected chi connectivity index (χ4v) is 1.70. The predicted octanol–water partition coefficient (Wildman–Crippen LogP) is 1.74. The normalized spacial score (nSPS) is 17.7. The van der Waals surface area contributed by atoms with Crippen molar-refractivity contribution in [3.8, 4) is 0 Å². The van der Waals surface area contributed by atoms with E-state index in [9.17, 15) is 0 Å². The van der Waals surface area contributed by atoms with Gasteiger partial charge in [0.2, 0.25) is 0 Å². The Hall–Kier alpha value is -1.03. The lowest BCUT2D eigenvalue weighted by molar-refractivity contribution is 0.183. The molecule has 1 aromatic rings. The SMILES string of the molecule is COCCn1ccc(NC(C)C2CC2)n1. The maximum atomic E-state index is 5.00. The van der Waals surface area contributed by atoms with Crippen LogP contribution in [0.2, 0.25) is 0 Å². The predicted molar refractivity (Wildman–Crippen MR) is 59.9 cm³/mol. The van der Waals surface area contributed by atoms with E-state index < -0.39 is 0 Å². The molecule has 0 radical (unpaired) electrons. The highest BCUT2D eigenvalue weighted by Gasteiger charge is 2.27. The maximum Gasteiger partial charge on any atom is 0.148 e. The molecule has 1 atom stereocenters. The number of aromatic nitrogens is 2. The fourth-order valence-electron chi connectivity index (χ4n) is 1.70. The molecular formula is C11H19N3O. The molecule has 1 aromatic heterocycles. The van der Waals surface area contributed by atoms with Crippen LogP contribution in [0.4, 0.5) is 5.82 Å². The van der Waals surface area contributed by atoms with E-state index in [0.717, 1.165) is 18.3 Å².